The van der Waals surface area contributed by atoms with Crippen molar-refractivity contribution in [2.45, 2.75) is 19.6 Å². The fourth-order valence-electron chi connectivity index (χ4n) is 1.33. The van der Waals surface area contributed by atoms with Gasteiger partial charge < -0.3 is 13.7 Å². The van der Waals surface area contributed by atoms with E-state index in [-0.39, 0.29) is 10.9 Å². The maximum atomic E-state index is 11.3. The van der Waals surface area contributed by atoms with Crippen molar-refractivity contribution in [3.63, 3.8) is 0 Å². The van der Waals surface area contributed by atoms with Crippen LogP contribution in [0.1, 0.15) is 19.5 Å². The van der Waals surface area contributed by atoms with E-state index >= 15 is 0 Å². The lowest BCUT2D eigenvalue weighted by molar-refractivity contribution is -0.152. The second kappa shape index (κ2) is 4.52. The zero-order chi connectivity index (χ0) is 12.5. The third-order valence-corrected chi connectivity index (χ3v) is 4.28. The molecule has 0 saturated carbocycles. The Kier molecular flexibility index (Phi) is 3.39. The Balaban J connectivity index is 2.16. The van der Waals surface area contributed by atoms with Gasteiger partial charge in [0.25, 0.3) is 5.19 Å². The molecular formula is C9H13NO5S2. The third kappa shape index (κ3) is 2.76. The molecule has 1 fully saturated rings. The minimum Gasteiger partial charge on any atom is -0.351 e. The van der Waals surface area contributed by atoms with E-state index in [0.717, 1.165) is 11.3 Å². The second-order valence-corrected chi connectivity index (χ2v) is 6.25. The van der Waals surface area contributed by atoms with Gasteiger partial charge in [0.15, 0.2) is 0 Å². The van der Waals surface area contributed by atoms with Crippen LogP contribution in [0, 0.1) is 0 Å². The summed E-state index contributed by atoms with van der Waals surface area (Å²) in [5.41, 5.74) is 0.529. The van der Waals surface area contributed by atoms with Crippen molar-refractivity contribution in [3.05, 3.63) is 11.1 Å². The molecule has 17 heavy (non-hydrogen) atoms. The van der Waals surface area contributed by atoms with Gasteiger partial charge >= 0.3 is 10.1 Å². The first-order chi connectivity index (χ1) is 7.95. The summed E-state index contributed by atoms with van der Waals surface area (Å²) in [5.74, 6) is -0.986. The molecule has 0 aliphatic carbocycles. The van der Waals surface area contributed by atoms with Crippen LogP contribution in [0.3, 0.4) is 0 Å². The number of thiazole rings is 1. The summed E-state index contributed by atoms with van der Waals surface area (Å²) in [5, 5.41) is 1.76. The van der Waals surface area contributed by atoms with Crippen molar-refractivity contribution < 1.29 is 22.1 Å². The van der Waals surface area contributed by atoms with Gasteiger partial charge in [0.05, 0.1) is 19.0 Å². The van der Waals surface area contributed by atoms with Crippen LogP contribution in [-0.2, 0) is 25.4 Å². The van der Waals surface area contributed by atoms with Gasteiger partial charge in [-0.25, -0.2) is 4.98 Å². The summed E-state index contributed by atoms with van der Waals surface area (Å²) >= 11 is 1.10. The van der Waals surface area contributed by atoms with Gasteiger partial charge in [0.1, 0.15) is 5.69 Å². The molecule has 2 rings (SSSR count). The minimum atomic E-state index is -3.54. The zero-order valence-corrected chi connectivity index (χ0v) is 11.1. The summed E-state index contributed by atoms with van der Waals surface area (Å²) in [6, 6.07) is 0. The molecule has 0 spiro atoms. The number of aromatic nitrogens is 1. The Morgan fingerprint density at radius 1 is 1.53 bits per heavy atom. The summed E-state index contributed by atoms with van der Waals surface area (Å²) in [4.78, 5) is 4.06. The van der Waals surface area contributed by atoms with Crippen molar-refractivity contribution in [3.8, 4) is 5.19 Å². The number of rotatable bonds is 4. The Bertz CT molecular complexity index is 489. The van der Waals surface area contributed by atoms with E-state index in [0.29, 0.717) is 18.9 Å². The molecule has 0 atom stereocenters. The topological polar surface area (TPSA) is 74.7 Å². The van der Waals surface area contributed by atoms with Crippen LogP contribution in [0.5, 0.6) is 5.19 Å². The van der Waals surface area contributed by atoms with Gasteiger partial charge in [-0.1, -0.05) is 11.3 Å². The molecule has 1 aromatic heterocycles. The highest BCUT2D eigenvalue weighted by molar-refractivity contribution is 7.87. The number of hydrogen-bond acceptors (Lipinski definition) is 7. The normalized spacial score (nSPS) is 19.4. The van der Waals surface area contributed by atoms with Crippen LogP contribution < -0.4 is 4.18 Å². The fraction of sp³-hybridized carbons (Fsp3) is 0.667. The first kappa shape index (κ1) is 12.7. The molecule has 0 aromatic carbocycles. The summed E-state index contributed by atoms with van der Waals surface area (Å²) in [7, 11) is -3.54. The van der Waals surface area contributed by atoms with Crippen molar-refractivity contribution in [1.29, 1.82) is 0 Å². The van der Waals surface area contributed by atoms with Crippen molar-refractivity contribution in [2.75, 3.05) is 19.0 Å². The van der Waals surface area contributed by atoms with Gasteiger partial charge in [-0.15, -0.1) is 0 Å². The number of ether oxygens (including phenoxy) is 2. The molecular weight excluding hydrogens is 266 g/mol. The first-order valence-corrected chi connectivity index (χ1v) is 7.57. The zero-order valence-electron chi connectivity index (χ0n) is 9.50. The smallest absolute Gasteiger partial charge is 0.311 e. The maximum absolute atomic E-state index is 11.3. The van der Waals surface area contributed by atoms with Crippen LogP contribution in [0.25, 0.3) is 0 Å². The van der Waals surface area contributed by atoms with Crippen LogP contribution in [0.2, 0.25) is 0 Å². The SMILES string of the molecule is CCS(=O)(=O)Oc1nc(C2(C)OCCO2)cs1. The van der Waals surface area contributed by atoms with E-state index in [9.17, 15) is 8.42 Å². The molecule has 96 valence electrons. The monoisotopic (exact) mass is 279 g/mol. The van der Waals surface area contributed by atoms with Crippen LogP contribution >= 0.6 is 11.3 Å². The van der Waals surface area contributed by atoms with Crippen molar-refractivity contribution in [2.24, 2.45) is 0 Å². The van der Waals surface area contributed by atoms with Gasteiger partial charge in [-0.2, -0.15) is 8.42 Å². The van der Waals surface area contributed by atoms with E-state index in [1.165, 1.54) is 6.92 Å². The van der Waals surface area contributed by atoms with Gasteiger partial charge in [-0.05, 0) is 13.8 Å². The minimum absolute atomic E-state index is 0.0853. The van der Waals surface area contributed by atoms with E-state index in [1.807, 2.05) is 0 Å². The van der Waals surface area contributed by atoms with Crippen molar-refractivity contribution in [1.82, 2.24) is 4.98 Å². The Labute approximate surface area is 104 Å². The average molecular weight is 279 g/mol. The lowest BCUT2D eigenvalue weighted by Crippen LogP contribution is -2.22. The molecule has 0 radical (unpaired) electrons. The lowest BCUT2D eigenvalue weighted by Gasteiger charge is -2.19. The van der Waals surface area contributed by atoms with E-state index in [2.05, 4.69) is 4.98 Å². The molecule has 8 heteroatoms. The Morgan fingerprint density at radius 3 is 2.76 bits per heavy atom. The second-order valence-electron chi connectivity index (χ2n) is 3.57. The molecule has 0 unspecified atom stereocenters. The largest absolute Gasteiger partial charge is 0.351 e. The highest BCUT2D eigenvalue weighted by atomic mass is 32.2. The Morgan fingerprint density at radius 2 is 2.18 bits per heavy atom. The molecule has 6 nitrogen and oxygen atoms in total. The average Bonchev–Trinajstić information content (AvgIpc) is 2.88. The van der Waals surface area contributed by atoms with E-state index < -0.39 is 15.9 Å². The highest BCUT2D eigenvalue weighted by Crippen LogP contribution is 2.33. The number of nitrogens with zero attached hydrogens (tertiary/aromatic N) is 1. The summed E-state index contributed by atoms with van der Waals surface area (Å²) in [6.07, 6.45) is 0. The highest BCUT2D eigenvalue weighted by Gasteiger charge is 2.36. The molecule has 1 aromatic rings. The first-order valence-electron chi connectivity index (χ1n) is 5.11. The van der Waals surface area contributed by atoms with Crippen molar-refractivity contribution >= 4 is 21.5 Å². The predicted molar refractivity (Wildman–Crippen MR) is 61.5 cm³/mol. The number of hydrogen-bond donors (Lipinski definition) is 0. The predicted octanol–water partition coefficient (Wildman–Crippen LogP) is 1.09. The van der Waals surface area contributed by atoms with E-state index in [4.69, 9.17) is 13.7 Å². The van der Waals surface area contributed by atoms with Gasteiger partial charge in [0, 0.05) is 5.38 Å². The molecule has 0 amide bonds. The van der Waals surface area contributed by atoms with Crippen LogP contribution in [-0.4, -0.2) is 32.4 Å². The molecule has 0 bridgehead atoms. The lowest BCUT2D eigenvalue weighted by atomic mass is 10.2. The molecule has 0 N–H and O–H groups in total. The summed E-state index contributed by atoms with van der Waals surface area (Å²) in [6.45, 7) is 4.25. The molecule has 2 heterocycles. The Hall–Kier alpha value is -0.700. The standard InChI is InChI=1S/C9H13NO5S2/c1-3-17(11,12)15-8-10-7(6-16-8)9(2)13-4-5-14-9/h6H,3-5H2,1-2H3. The quantitative estimate of drug-likeness (QED) is 0.768. The molecule has 1 aliphatic rings. The molecule has 1 aliphatic heterocycles. The van der Waals surface area contributed by atoms with E-state index in [1.54, 1.807) is 12.3 Å². The van der Waals surface area contributed by atoms with Crippen LogP contribution in [0.4, 0.5) is 0 Å². The van der Waals surface area contributed by atoms with Gasteiger partial charge in [-0.3, -0.25) is 0 Å². The van der Waals surface area contributed by atoms with Crippen LogP contribution in [0.15, 0.2) is 5.38 Å². The molecule has 1 saturated heterocycles. The van der Waals surface area contributed by atoms with Gasteiger partial charge in [0.2, 0.25) is 5.79 Å². The summed E-state index contributed by atoms with van der Waals surface area (Å²) < 4.78 is 38.2. The maximum Gasteiger partial charge on any atom is 0.311 e. The third-order valence-electron chi connectivity index (χ3n) is 2.34. The fourth-order valence-corrected chi connectivity index (χ4v) is 2.80.